The smallest absolute Gasteiger partial charge is 0.116 e. The molecule has 1 nitrogen and oxygen atoms in total. The van der Waals surface area contributed by atoms with Crippen LogP contribution in [0.5, 0.6) is 0 Å². The molecule has 2 heteroatoms. The van der Waals surface area contributed by atoms with Gasteiger partial charge in [0.2, 0.25) is 0 Å². The second kappa shape index (κ2) is 4.96. The number of hydrogen-bond donors (Lipinski definition) is 0. The van der Waals surface area contributed by atoms with Gasteiger partial charge in [-0.1, -0.05) is 27.9 Å². The third-order valence-electron chi connectivity index (χ3n) is 2.18. The van der Waals surface area contributed by atoms with Crippen molar-refractivity contribution >= 4 is 15.9 Å². The van der Waals surface area contributed by atoms with Crippen molar-refractivity contribution in [1.29, 1.82) is 0 Å². The molecule has 2 rings (SSSR count). The second-order valence-corrected chi connectivity index (χ2v) is 4.34. The summed E-state index contributed by atoms with van der Waals surface area (Å²) in [5, 5.41) is 0. The Morgan fingerprint density at radius 2 is 1.81 bits per heavy atom. The molecule has 0 aliphatic carbocycles. The maximum absolute atomic E-state index is 4.23. The summed E-state index contributed by atoms with van der Waals surface area (Å²) < 4.78 is 1.06. The Kier molecular flexibility index (Phi) is 3.38. The van der Waals surface area contributed by atoms with Crippen molar-refractivity contribution in [2.45, 2.75) is 6.92 Å². The minimum absolute atomic E-state index is 0.838. The van der Waals surface area contributed by atoms with Crippen molar-refractivity contribution < 1.29 is 0 Å². The highest BCUT2D eigenvalue weighted by atomic mass is 79.9. The van der Waals surface area contributed by atoms with E-state index in [1.54, 1.807) is 6.20 Å². The average Bonchev–Trinajstić information content (AvgIpc) is 2.30. The Morgan fingerprint density at radius 1 is 1.06 bits per heavy atom. The zero-order valence-corrected chi connectivity index (χ0v) is 10.5. The zero-order chi connectivity index (χ0) is 11.4. The molecular weight excluding hydrogens is 262 g/mol. The van der Waals surface area contributed by atoms with Crippen molar-refractivity contribution in [3.05, 3.63) is 63.9 Å². The molecule has 0 saturated heterocycles. The quantitative estimate of drug-likeness (QED) is 0.668. The Labute approximate surface area is 104 Å². The van der Waals surface area contributed by atoms with Gasteiger partial charge in [0, 0.05) is 16.2 Å². The van der Waals surface area contributed by atoms with E-state index in [2.05, 4.69) is 32.8 Å². The number of aryl methyl sites for hydroxylation is 1. The molecule has 1 aromatic heterocycles. The van der Waals surface area contributed by atoms with Crippen LogP contribution in [0.15, 0.2) is 47.1 Å². The van der Waals surface area contributed by atoms with Crippen LogP contribution in [-0.4, -0.2) is 4.98 Å². The van der Waals surface area contributed by atoms with E-state index in [0.717, 1.165) is 21.3 Å². The normalized spacial score (nSPS) is 9.38. The summed E-state index contributed by atoms with van der Waals surface area (Å²) in [6.45, 7) is 2.01. The van der Waals surface area contributed by atoms with E-state index in [4.69, 9.17) is 0 Å². The van der Waals surface area contributed by atoms with Gasteiger partial charge in [0.15, 0.2) is 0 Å². The van der Waals surface area contributed by atoms with E-state index in [0.29, 0.717) is 0 Å². The van der Waals surface area contributed by atoms with Gasteiger partial charge < -0.3 is 0 Å². The minimum atomic E-state index is 0.838. The molecule has 0 saturated carbocycles. The van der Waals surface area contributed by atoms with Crippen molar-refractivity contribution in [3.63, 3.8) is 0 Å². The van der Waals surface area contributed by atoms with Gasteiger partial charge in [0.25, 0.3) is 0 Å². The summed E-state index contributed by atoms with van der Waals surface area (Å²) in [4.78, 5) is 4.23. The van der Waals surface area contributed by atoms with Crippen molar-refractivity contribution in [3.8, 4) is 11.8 Å². The van der Waals surface area contributed by atoms with Gasteiger partial charge in [-0.2, -0.15) is 0 Å². The third kappa shape index (κ3) is 2.71. The van der Waals surface area contributed by atoms with Crippen LogP contribution in [0.2, 0.25) is 0 Å². The molecule has 2 aromatic rings. The van der Waals surface area contributed by atoms with Crippen LogP contribution in [0.3, 0.4) is 0 Å². The maximum atomic E-state index is 4.23. The number of halogens is 1. The fourth-order valence-electron chi connectivity index (χ4n) is 1.28. The first kappa shape index (κ1) is 10.9. The molecule has 0 fully saturated rings. The number of nitrogens with zero attached hydrogens (tertiary/aromatic N) is 1. The third-order valence-corrected chi connectivity index (χ3v) is 2.71. The van der Waals surface area contributed by atoms with Crippen LogP contribution >= 0.6 is 15.9 Å². The summed E-state index contributed by atoms with van der Waals surface area (Å²) in [6.07, 6.45) is 1.76. The number of benzene rings is 1. The lowest BCUT2D eigenvalue weighted by Gasteiger charge is -1.94. The summed E-state index contributed by atoms with van der Waals surface area (Å²) >= 11 is 3.39. The van der Waals surface area contributed by atoms with Crippen LogP contribution < -0.4 is 0 Å². The van der Waals surface area contributed by atoms with Gasteiger partial charge in [-0.15, -0.1) is 0 Å². The van der Waals surface area contributed by atoms with Crippen LogP contribution in [-0.2, 0) is 0 Å². The Bertz CT molecular complexity index is 547. The number of rotatable bonds is 0. The molecule has 0 bridgehead atoms. The molecule has 0 radical (unpaired) electrons. The highest BCUT2D eigenvalue weighted by Crippen LogP contribution is 2.09. The SMILES string of the molecule is Cc1cccnc1C#Cc1ccc(Br)cc1. The van der Waals surface area contributed by atoms with E-state index in [-0.39, 0.29) is 0 Å². The average molecular weight is 272 g/mol. The molecule has 0 atom stereocenters. The van der Waals surface area contributed by atoms with E-state index in [9.17, 15) is 0 Å². The van der Waals surface area contributed by atoms with Gasteiger partial charge in [-0.25, -0.2) is 4.98 Å². The molecule has 78 valence electrons. The molecule has 16 heavy (non-hydrogen) atoms. The highest BCUT2D eigenvalue weighted by Gasteiger charge is 1.92. The van der Waals surface area contributed by atoms with E-state index < -0.39 is 0 Å². The largest absolute Gasteiger partial charge is 0.248 e. The summed E-state index contributed by atoms with van der Waals surface area (Å²) in [5.41, 5.74) is 2.94. The zero-order valence-electron chi connectivity index (χ0n) is 8.87. The van der Waals surface area contributed by atoms with E-state index in [1.807, 2.05) is 43.3 Å². The van der Waals surface area contributed by atoms with Crippen LogP contribution in [0.1, 0.15) is 16.8 Å². The molecular formula is C14H10BrN. The van der Waals surface area contributed by atoms with Crippen molar-refractivity contribution in [2.24, 2.45) is 0 Å². The predicted molar refractivity (Wildman–Crippen MR) is 69.1 cm³/mol. The Balaban J connectivity index is 2.29. The second-order valence-electron chi connectivity index (χ2n) is 3.43. The monoisotopic (exact) mass is 271 g/mol. The standard InChI is InChI=1S/C14H10BrN/c1-11-3-2-10-16-14(11)9-6-12-4-7-13(15)8-5-12/h2-5,7-8,10H,1H3. The van der Waals surface area contributed by atoms with Crippen LogP contribution in [0, 0.1) is 18.8 Å². The van der Waals surface area contributed by atoms with Gasteiger partial charge >= 0.3 is 0 Å². The lowest BCUT2D eigenvalue weighted by molar-refractivity contribution is 1.23. The fraction of sp³-hybridized carbons (Fsp3) is 0.0714. The van der Waals surface area contributed by atoms with Gasteiger partial charge in [-0.05, 0) is 48.7 Å². The highest BCUT2D eigenvalue weighted by molar-refractivity contribution is 9.10. The molecule has 1 aromatic carbocycles. The number of aromatic nitrogens is 1. The molecule has 1 heterocycles. The summed E-state index contributed by atoms with van der Waals surface area (Å²) in [6, 6.07) is 11.9. The fourth-order valence-corrected chi connectivity index (χ4v) is 1.55. The summed E-state index contributed by atoms with van der Waals surface area (Å²) in [7, 11) is 0. The minimum Gasteiger partial charge on any atom is -0.248 e. The number of hydrogen-bond acceptors (Lipinski definition) is 1. The van der Waals surface area contributed by atoms with Gasteiger partial charge in [-0.3, -0.25) is 0 Å². The molecule has 0 N–H and O–H groups in total. The van der Waals surface area contributed by atoms with Crippen molar-refractivity contribution in [2.75, 3.05) is 0 Å². The molecule has 0 aliphatic rings. The van der Waals surface area contributed by atoms with Gasteiger partial charge in [0.05, 0.1) is 0 Å². The first-order valence-corrected chi connectivity index (χ1v) is 5.74. The number of pyridine rings is 1. The first-order chi connectivity index (χ1) is 7.75. The topological polar surface area (TPSA) is 12.9 Å². The maximum Gasteiger partial charge on any atom is 0.116 e. The van der Waals surface area contributed by atoms with Crippen LogP contribution in [0.25, 0.3) is 0 Å². The predicted octanol–water partition coefficient (Wildman–Crippen LogP) is 3.55. The van der Waals surface area contributed by atoms with Crippen LogP contribution in [0.4, 0.5) is 0 Å². The Morgan fingerprint density at radius 3 is 2.50 bits per heavy atom. The molecule has 0 unspecified atom stereocenters. The van der Waals surface area contributed by atoms with E-state index in [1.165, 1.54) is 0 Å². The van der Waals surface area contributed by atoms with Crippen molar-refractivity contribution in [1.82, 2.24) is 4.98 Å². The molecule has 0 spiro atoms. The van der Waals surface area contributed by atoms with E-state index >= 15 is 0 Å². The lowest BCUT2D eigenvalue weighted by Crippen LogP contribution is -1.85. The van der Waals surface area contributed by atoms with Gasteiger partial charge in [0.1, 0.15) is 5.69 Å². The first-order valence-electron chi connectivity index (χ1n) is 4.95. The summed E-state index contributed by atoms with van der Waals surface area (Å²) in [5.74, 6) is 6.17. The lowest BCUT2D eigenvalue weighted by atomic mass is 10.2. The molecule has 0 aliphatic heterocycles. The molecule has 0 amide bonds. The Hall–Kier alpha value is -1.59.